The zero-order valence-electron chi connectivity index (χ0n) is 16.0. The maximum absolute atomic E-state index is 12.7. The van der Waals surface area contributed by atoms with Crippen LogP contribution in [0.1, 0.15) is 44.6 Å². The van der Waals surface area contributed by atoms with Crippen LogP contribution in [0.25, 0.3) is 0 Å². The molecule has 0 aromatic carbocycles. The fourth-order valence-corrected chi connectivity index (χ4v) is 3.65. The van der Waals surface area contributed by atoms with E-state index in [0.29, 0.717) is 32.7 Å². The zero-order chi connectivity index (χ0) is 20.3. The average molecular weight is 391 g/mol. The van der Waals surface area contributed by atoms with E-state index in [1.165, 1.54) is 0 Å². The predicted molar refractivity (Wildman–Crippen MR) is 101 cm³/mol. The number of nitrogens with zero attached hydrogens (tertiary/aromatic N) is 2. The third kappa shape index (κ3) is 4.00. The number of likely N-dealkylation sites (N-methyl/N-ethyl adjacent to an activating group) is 1. The maximum atomic E-state index is 12.7. The largest absolute Gasteiger partial charge is 0.466 e. The van der Waals surface area contributed by atoms with Gasteiger partial charge in [-0.2, -0.15) is 4.98 Å². The number of carbonyl (C=O) groups excluding carboxylic acids is 3. The number of anilines is 2. The van der Waals surface area contributed by atoms with Crippen molar-refractivity contribution in [1.82, 2.24) is 15.3 Å². The Balaban J connectivity index is 1.89. The first kappa shape index (κ1) is 19.8. The number of carbonyl (C=O) groups is 3. The molecule has 0 saturated carbocycles. The van der Waals surface area contributed by atoms with Gasteiger partial charge in [-0.05, 0) is 26.7 Å². The van der Waals surface area contributed by atoms with Crippen molar-refractivity contribution in [2.75, 3.05) is 36.5 Å². The van der Waals surface area contributed by atoms with Gasteiger partial charge in [0.15, 0.2) is 0 Å². The van der Waals surface area contributed by atoms with Crippen molar-refractivity contribution < 1.29 is 19.1 Å². The Bertz CT molecular complexity index is 836. The molecular weight excluding hydrogens is 366 g/mol. The molecule has 0 aliphatic carbocycles. The van der Waals surface area contributed by atoms with E-state index in [-0.39, 0.29) is 47.5 Å². The Hall–Kier alpha value is -2.91. The molecule has 0 radical (unpaired) electrons. The molecule has 3 rings (SSSR count). The molecule has 2 amide bonds. The van der Waals surface area contributed by atoms with Crippen molar-refractivity contribution in [1.29, 1.82) is 0 Å². The molecule has 3 N–H and O–H groups in total. The SMILES string of the molecule is CCNC(=O)[C@H]1CC(=O)Nc2nc(N3CCC[C@H](C(=O)OCC)C3)[nH]c(=O)c21. The van der Waals surface area contributed by atoms with Gasteiger partial charge in [-0.1, -0.05) is 0 Å². The highest BCUT2D eigenvalue weighted by atomic mass is 16.5. The zero-order valence-corrected chi connectivity index (χ0v) is 16.0. The number of fused-ring (bicyclic) bond motifs is 1. The van der Waals surface area contributed by atoms with Gasteiger partial charge in [0.25, 0.3) is 5.56 Å². The smallest absolute Gasteiger partial charge is 0.310 e. The molecule has 2 aliphatic rings. The molecule has 3 heterocycles. The van der Waals surface area contributed by atoms with Crippen LogP contribution in [0, 0.1) is 5.92 Å². The van der Waals surface area contributed by atoms with E-state index in [0.717, 1.165) is 6.42 Å². The lowest BCUT2D eigenvalue weighted by molar-refractivity contribution is -0.148. The van der Waals surface area contributed by atoms with Gasteiger partial charge in [0.1, 0.15) is 5.82 Å². The number of esters is 1. The first-order valence-corrected chi connectivity index (χ1v) is 9.57. The lowest BCUT2D eigenvalue weighted by Crippen LogP contribution is -2.43. The van der Waals surface area contributed by atoms with Crippen LogP contribution in [0.3, 0.4) is 0 Å². The van der Waals surface area contributed by atoms with E-state index in [1.54, 1.807) is 18.7 Å². The summed E-state index contributed by atoms with van der Waals surface area (Å²) >= 11 is 0. The molecule has 1 aromatic heterocycles. The molecule has 1 aromatic rings. The summed E-state index contributed by atoms with van der Waals surface area (Å²) in [5, 5.41) is 5.24. The molecule has 0 bridgehead atoms. The van der Waals surface area contributed by atoms with Crippen LogP contribution in [0.15, 0.2) is 4.79 Å². The number of aromatic amines is 1. The Morgan fingerprint density at radius 1 is 1.32 bits per heavy atom. The Kier molecular flexibility index (Phi) is 5.96. The van der Waals surface area contributed by atoms with Crippen LogP contribution < -0.4 is 21.1 Å². The number of amides is 2. The van der Waals surface area contributed by atoms with Gasteiger partial charge in [0.2, 0.25) is 17.8 Å². The second-order valence-electron chi connectivity index (χ2n) is 6.89. The first-order chi connectivity index (χ1) is 13.4. The van der Waals surface area contributed by atoms with Crippen LogP contribution in [0.5, 0.6) is 0 Å². The van der Waals surface area contributed by atoms with E-state index >= 15 is 0 Å². The number of hydrogen-bond acceptors (Lipinski definition) is 7. The number of hydrogen-bond donors (Lipinski definition) is 3. The minimum atomic E-state index is -0.873. The summed E-state index contributed by atoms with van der Waals surface area (Å²) in [6, 6.07) is 0. The van der Waals surface area contributed by atoms with Gasteiger partial charge in [-0.3, -0.25) is 24.2 Å². The minimum Gasteiger partial charge on any atom is -0.466 e. The van der Waals surface area contributed by atoms with Gasteiger partial charge >= 0.3 is 5.97 Å². The fourth-order valence-electron chi connectivity index (χ4n) is 3.65. The monoisotopic (exact) mass is 391 g/mol. The standard InChI is InChI=1S/C18H25N5O5/c1-3-19-15(25)11-8-12(24)20-14-13(11)16(26)22-18(21-14)23-7-5-6-10(9-23)17(27)28-4-2/h10-11H,3-9H2,1-2H3,(H,19,25)(H2,20,21,22,24,26)/t10-,11-/m0/s1. The van der Waals surface area contributed by atoms with E-state index in [9.17, 15) is 19.2 Å². The molecule has 2 atom stereocenters. The molecule has 10 heteroatoms. The first-order valence-electron chi connectivity index (χ1n) is 9.57. The molecule has 0 unspecified atom stereocenters. The molecule has 2 aliphatic heterocycles. The highest BCUT2D eigenvalue weighted by molar-refractivity contribution is 6.00. The van der Waals surface area contributed by atoms with E-state index < -0.39 is 11.5 Å². The van der Waals surface area contributed by atoms with Crippen molar-refractivity contribution in [2.24, 2.45) is 5.92 Å². The minimum absolute atomic E-state index is 0.0996. The predicted octanol–water partition coefficient (Wildman–Crippen LogP) is 0.111. The van der Waals surface area contributed by atoms with Crippen LogP contribution >= 0.6 is 0 Å². The quantitative estimate of drug-likeness (QED) is 0.607. The van der Waals surface area contributed by atoms with E-state index in [1.807, 2.05) is 0 Å². The van der Waals surface area contributed by atoms with Gasteiger partial charge < -0.3 is 20.3 Å². The second kappa shape index (κ2) is 8.41. The lowest BCUT2D eigenvalue weighted by atomic mass is 9.92. The van der Waals surface area contributed by atoms with Gasteiger partial charge in [0, 0.05) is 26.1 Å². The summed E-state index contributed by atoms with van der Waals surface area (Å²) in [6.07, 6.45) is 1.36. The molecule has 1 fully saturated rings. The van der Waals surface area contributed by atoms with Crippen molar-refractivity contribution in [3.63, 3.8) is 0 Å². The summed E-state index contributed by atoms with van der Waals surface area (Å²) in [5.41, 5.74) is -0.303. The number of piperidine rings is 1. The van der Waals surface area contributed by atoms with Crippen LogP contribution in [-0.2, 0) is 19.1 Å². The van der Waals surface area contributed by atoms with Crippen molar-refractivity contribution in [3.8, 4) is 0 Å². The number of rotatable bonds is 5. The Morgan fingerprint density at radius 2 is 2.11 bits per heavy atom. The summed E-state index contributed by atoms with van der Waals surface area (Å²) < 4.78 is 5.10. The van der Waals surface area contributed by atoms with Crippen molar-refractivity contribution in [2.45, 2.75) is 39.0 Å². The third-order valence-electron chi connectivity index (χ3n) is 4.95. The Labute approximate surface area is 162 Å². The van der Waals surface area contributed by atoms with E-state index in [2.05, 4.69) is 20.6 Å². The second-order valence-corrected chi connectivity index (χ2v) is 6.89. The molecule has 28 heavy (non-hydrogen) atoms. The Morgan fingerprint density at radius 3 is 2.82 bits per heavy atom. The number of ether oxygens (including phenoxy) is 1. The fraction of sp³-hybridized carbons (Fsp3) is 0.611. The van der Waals surface area contributed by atoms with Gasteiger partial charge in [-0.15, -0.1) is 0 Å². The molecule has 1 saturated heterocycles. The topological polar surface area (TPSA) is 133 Å². The summed E-state index contributed by atoms with van der Waals surface area (Å²) in [6.45, 7) is 5.23. The number of H-pyrrole nitrogens is 1. The third-order valence-corrected chi connectivity index (χ3v) is 4.95. The van der Waals surface area contributed by atoms with Gasteiger partial charge in [-0.25, -0.2) is 0 Å². The molecule has 10 nitrogen and oxygen atoms in total. The highest BCUT2D eigenvalue weighted by Gasteiger charge is 2.35. The molecular formula is C18H25N5O5. The average Bonchev–Trinajstić information content (AvgIpc) is 2.67. The summed E-state index contributed by atoms with van der Waals surface area (Å²) in [4.78, 5) is 58.0. The summed E-state index contributed by atoms with van der Waals surface area (Å²) in [7, 11) is 0. The van der Waals surface area contributed by atoms with E-state index in [4.69, 9.17) is 4.74 Å². The maximum Gasteiger partial charge on any atom is 0.310 e. The molecule has 152 valence electrons. The van der Waals surface area contributed by atoms with Crippen molar-refractivity contribution in [3.05, 3.63) is 15.9 Å². The normalized spacial score (nSPS) is 21.5. The van der Waals surface area contributed by atoms with Crippen LogP contribution in [0.2, 0.25) is 0 Å². The van der Waals surface area contributed by atoms with Crippen LogP contribution in [-0.4, -0.2) is 54.0 Å². The van der Waals surface area contributed by atoms with Gasteiger partial charge in [0.05, 0.1) is 24.0 Å². The van der Waals surface area contributed by atoms with Crippen molar-refractivity contribution >= 4 is 29.5 Å². The van der Waals surface area contributed by atoms with Crippen LogP contribution in [0.4, 0.5) is 11.8 Å². The molecule has 0 spiro atoms. The summed E-state index contributed by atoms with van der Waals surface area (Å²) in [5.74, 6) is -1.80. The highest BCUT2D eigenvalue weighted by Crippen LogP contribution is 2.30. The number of nitrogens with one attached hydrogen (secondary N) is 3. The number of aromatic nitrogens is 2. The lowest BCUT2D eigenvalue weighted by Gasteiger charge is -2.32.